The summed E-state index contributed by atoms with van der Waals surface area (Å²) in [6.45, 7) is 8.06. The van der Waals surface area contributed by atoms with E-state index in [1.807, 2.05) is 18.2 Å². The van der Waals surface area contributed by atoms with Crippen molar-refractivity contribution >= 4 is 10.0 Å². The first-order valence-electron chi connectivity index (χ1n) is 9.74. The van der Waals surface area contributed by atoms with Crippen molar-refractivity contribution < 1.29 is 8.42 Å². The zero-order valence-electron chi connectivity index (χ0n) is 17.1. The minimum atomic E-state index is -3.61. The SMILES string of the molecule is Cc1ccc(-c2ccc(-n3nc(C)c(S(=O)(=O)NCC4CC4)c3C)nn2)cc1C. The van der Waals surface area contributed by atoms with Gasteiger partial charge in [0.2, 0.25) is 10.0 Å². The largest absolute Gasteiger partial charge is 0.244 e. The molecule has 29 heavy (non-hydrogen) atoms. The molecule has 7 nitrogen and oxygen atoms in total. The van der Waals surface area contributed by atoms with Gasteiger partial charge in [-0.15, -0.1) is 10.2 Å². The highest BCUT2D eigenvalue weighted by molar-refractivity contribution is 7.89. The average molecular weight is 412 g/mol. The summed E-state index contributed by atoms with van der Waals surface area (Å²) in [7, 11) is -3.61. The maximum atomic E-state index is 12.7. The Hall–Kier alpha value is -2.58. The number of hydrogen-bond acceptors (Lipinski definition) is 5. The van der Waals surface area contributed by atoms with E-state index in [0.717, 1.165) is 24.1 Å². The minimum absolute atomic E-state index is 0.221. The van der Waals surface area contributed by atoms with Crippen molar-refractivity contribution in [1.82, 2.24) is 24.7 Å². The average Bonchev–Trinajstić information content (AvgIpc) is 3.46. The Labute approximate surface area is 171 Å². The molecule has 0 atom stereocenters. The predicted octanol–water partition coefficient (Wildman–Crippen LogP) is 3.25. The molecule has 1 aromatic carbocycles. The van der Waals surface area contributed by atoms with Crippen LogP contribution in [0.15, 0.2) is 35.2 Å². The van der Waals surface area contributed by atoms with Gasteiger partial charge in [0.25, 0.3) is 0 Å². The van der Waals surface area contributed by atoms with Gasteiger partial charge >= 0.3 is 0 Å². The monoisotopic (exact) mass is 411 g/mol. The first kappa shape index (κ1) is 19.7. The first-order chi connectivity index (χ1) is 13.8. The Morgan fingerprint density at radius 2 is 1.79 bits per heavy atom. The third kappa shape index (κ3) is 3.95. The highest BCUT2D eigenvalue weighted by atomic mass is 32.2. The van der Waals surface area contributed by atoms with E-state index in [1.54, 1.807) is 13.8 Å². The Bertz CT molecular complexity index is 1160. The second kappa shape index (κ2) is 7.35. The molecule has 0 radical (unpaired) electrons. The number of benzene rings is 1. The van der Waals surface area contributed by atoms with Gasteiger partial charge in [-0.3, -0.25) is 0 Å². The van der Waals surface area contributed by atoms with Crippen LogP contribution in [0, 0.1) is 33.6 Å². The number of aromatic nitrogens is 4. The maximum absolute atomic E-state index is 12.7. The summed E-state index contributed by atoms with van der Waals surface area (Å²) in [5.74, 6) is 0.950. The molecule has 1 N–H and O–H groups in total. The van der Waals surface area contributed by atoms with Crippen LogP contribution in [0.4, 0.5) is 0 Å². The molecule has 0 aliphatic heterocycles. The first-order valence-corrected chi connectivity index (χ1v) is 11.2. The van der Waals surface area contributed by atoms with Crippen LogP contribution in [0.3, 0.4) is 0 Å². The quantitative estimate of drug-likeness (QED) is 0.672. The van der Waals surface area contributed by atoms with E-state index in [-0.39, 0.29) is 4.90 Å². The summed E-state index contributed by atoms with van der Waals surface area (Å²) in [4.78, 5) is 0.221. The molecule has 0 saturated heterocycles. The number of nitrogens with zero attached hydrogens (tertiary/aromatic N) is 4. The Morgan fingerprint density at radius 3 is 2.41 bits per heavy atom. The van der Waals surface area contributed by atoms with E-state index in [1.165, 1.54) is 15.8 Å². The van der Waals surface area contributed by atoms with Crippen molar-refractivity contribution in [3.8, 4) is 17.1 Å². The number of aryl methyl sites for hydroxylation is 3. The molecule has 8 heteroatoms. The van der Waals surface area contributed by atoms with Crippen LogP contribution in [0.25, 0.3) is 17.1 Å². The van der Waals surface area contributed by atoms with Crippen molar-refractivity contribution in [3.63, 3.8) is 0 Å². The zero-order chi connectivity index (χ0) is 20.8. The number of nitrogens with one attached hydrogen (secondary N) is 1. The van der Waals surface area contributed by atoms with Gasteiger partial charge in [0.05, 0.1) is 17.1 Å². The van der Waals surface area contributed by atoms with Crippen molar-refractivity contribution in [2.45, 2.75) is 45.4 Å². The van der Waals surface area contributed by atoms with E-state index in [4.69, 9.17) is 0 Å². The molecule has 4 rings (SSSR count). The van der Waals surface area contributed by atoms with Crippen LogP contribution in [-0.4, -0.2) is 34.9 Å². The molecule has 1 fully saturated rings. The Balaban J connectivity index is 1.64. The molecule has 1 saturated carbocycles. The van der Waals surface area contributed by atoms with Crippen molar-refractivity contribution in [3.05, 3.63) is 52.8 Å². The van der Waals surface area contributed by atoms with Crippen LogP contribution in [0.5, 0.6) is 0 Å². The maximum Gasteiger partial charge on any atom is 0.244 e. The highest BCUT2D eigenvalue weighted by Gasteiger charge is 2.28. The molecular formula is C21H25N5O2S. The second-order valence-corrected chi connectivity index (χ2v) is 9.49. The summed E-state index contributed by atoms with van der Waals surface area (Å²) < 4.78 is 29.7. The summed E-state index contributed by atoms with van der Waals surface area (Å²) in [5, 5.41) is 13.0. The van der Waals surface area contributed by atoms with E-state index >= 15 is 0 Å². The van der Waals surface area contributed by atoms with Crippen molar-refractivity contribution in [2.75, 3.05) is 6.54 Å². The molecule has 2 aromatic heterocycles. The molecular weight excluding hydrogens is 386 g/mol. The topological polar surface area (TPSA) is 89.8 Å². The van der Waals surface area contributed by atoms with Gasteiger partial charge in [-0.25, -0.2) is 17.8 Å². The third-order valence-electron chi connectivity index (χ3n) is 5.42. The number of hydrogen-bond donors (Lipinski definition) is 1. The summed E-state index contributed by atoms with van der Waals surface area (Å²) in [5.41, 5.74) is 5.15. The lowest BCUT2D eigenvalue weighted by Gasteiger charge is -2.08. The van der Waals surface area contributed by atoms with Crippen LogP contribution in [-0.2, 0) is 10.0 Å². The van der Waals surface area contributed by atoms with E-state index < -0.39 is 10.0 Å². The van der Waals surface area contributed by atoms with Gasteiger partial charge < -0.3 is 0 Å². The third-order valence-corrected chi connectivity index (χ3v) is 7.10. The van der Waals surface area contributed by atoms with Crippen LogP contribution >= 0.6 is 0 Å². The van der Waals surface area contributed by atoms with Crippen molar-refractivity contribution in [2.24, 2.45) is 5.92 Å². The van der Waals surface area contributed by atoms with Gasteiger partial charge in [-0.2, -0.15) is 5.10 Å². The molecule has 3 aromatic rings. The molecule has 0 amide bonds. The molecule has 0 spiro atoms. The number of sulfonamides is 1. The Kier molecular flexibility index (Phi) is 5.00. The molecule has 0 unspecified atom stereocenters. The van der Waals surface area contributed by atoms with Gasteiger partial charge in [-0.1, -0.05) is 12.1 Å². The smallest absolute Gasteiger partial charge is 0.216 e. The molecule has 2 heterocycles. The fraction of sp³-hybridized carbons (Fsp3) is 0.381. The van der Waals surface area contributed by atoms with Gasteiger partial charge in [0.1, 0.15) is 4.90 Å². The lowest BCUT2D eigenvalue weighted by Crippen LogP contribution is -2.26. The number of rotatable bonds is 6. The zero-order valence-corrected chi connectivity index (χ0v) is 17.9. The molecule has 0 bridgehead atoms. The van der Waals surface area contributed by atoms with E-state index in [2.05, 4.69) is 46.0 Å². The fourth-order valence-electron chi connectivity index (χ4n) is 3.35. The molecule has 1 aliphatic carbocycles. The lowest BCUT2D eigenvalue weighted by molar-refractivity contribution is 0.576. The summed E-state index contributed by atoms with van der Waals surface area (Å²) in [6, 6.07) is 9.85. The summed E-state index contributed by atoms with van der Waals surface area (Å²) >= 11 is 0. The van der Waals surface area contributed by atoms with Crippen LogP contribution in [0.1, 0.15) is 35.4 Å². The fourth-order valence-corrected chi connectivity index (χ4v) is 4.86. The van der Waals surface area contributed by atoms with E-state index in [9.17, 15) is 8.42 Å². The normalized spacial score (nSPS) is 14.3. The molecule has 152 valence electrons. The second-order valence-electron chi connectivity index (χ2n) is 7.78. The lowest BCUT2D eigenvalue weighted by atomic mass is 10.0. The Morgan fingerprint density at radius 1 is 1.03 bits per heavy atom. The van der Waals surface area contributed by atoms with Gasteiger partial charge in [-0.05, 0) is 75.8 Å². The molecule has 1 aliphatic rings. The van der Waals surface area contributed by atoms with E-state index in [0.29, 0.717) is 29.7 Å². The predicted molar refractivity (Wildman–Crippen MR) is 111 cm³/mol. The van der Waals surface area contributed by atoms with Crippen LogP contribution < -0.4 is 4.72 Å². The van der Waals surface area contributed by atoms with Gasteiger partial charge in [0.15, 0.2) is 5.82 Å². The van der Waals surface area contributed by atoms with Gasteiger partial charge in [0, 0.05) is 12.1 Å². The minimum Gasteiger partial charge on any atom is -0.216 e. The standard InChI is InChI=1S/C21H25N5O2S/c1-13-5-8-18(11-14(13)2)19-9-10-20(24-23-19)26-16(4)21(15(3)25-26)29(27,28)22-12-17-6-7-17/h5,8-11,17,22H,6-7,12H2,1-4H3. The summed E-state index contributed by atoms with van der Waals surface area (Å²) in [6.07, 6.45) is 2.17. The highest BCUT2D eigenvalue weighted by Crippen LogP contribution is 2.29. The van der Waals surface area contributed by atoms with Crippen LogP contribution in [0.2, 0.25) is 0 Å². The van der Waals surface area contributed by atoms with Crippen molar-refractivity contribution in [1.29, 1.82) is 0 Å².